The molecule has 1 N–H and O–H groups in total. The van der Waals surface area contributed by atoms with Crippen LogP contribution in [0.1, 0.15) is 17.3 Å². The lowest BCUT2D eigenvalue weighted by atomic mass is 10.0. The number of hydrogen-bond acceptors (Lipinski definition) is 2. The van der Waals surface area contributed by atoms with Crippen LogP contribution in [-0.2, 0) is 7.05 Å². The zero-order valence-electron chi connectivity index (χ0n) is 9.61. The van der Waals surface area contributed by atoms with E-state index in [1.54, 1.807) is 0 Å². The lowest BCUT2D eigenvalue weighted by molar-refractivity contribution is 0.602. The molecule has 2 aromatic rings. The number of aryl methyl sites for hydroxylation is 1. The van der Waals surface area contributed by atoms with Crippen LogP contribution >= 0.6 is 38.5 Å². The van der Waals surface area contributed by atoms with E-state index in [4.69, 9.17) is 0 Å². The van der Waals surface area contributed by atoms with Gasteiger partial charge < -0.3 is 5.32 Å². The van der Waals surface area contributed by atoms with Crippen molar-refractivity contribution in [2.24, 2.45) is 7.05 Å². The zero-order chi connectivity index (χ0) is 12.4. The molecule has 0 bridgehead atoms. The number of benzene rings is 1. The van der Waals surface area contributed by atoms with E-state index in [0.717, 1.165) is 10.2 Å². The van der Waals surface area contributed by atoms with Crippen molar-refractivity contribution >= 4 is 38.5 Å². The minimum atomic E-state index is 0.143. The lowest BCUT2D eigenvalue weighted by Gasteiger charge is -2.19. The van der Waals surface area contributed by atoms with Gasteiger partial charge in [-0.3, -0.25) is 4.68 Å². The summed E-state index contributed by atoms with van der Waals surface area (Å²) in [6.07, 6.45) is 1.83. The van der Waals surface area contributed by atoms with Crippen LogP contribution < -0.4 is 5.32 Å². The van der Waals surface area contributed by atoms with Crippen molar-refractivity contribution in [1.29, 1.82) is 0 Å². The van der Waals surface area contributed by atoms with Crippen LogP contribution in [0.2, 0.25) is 0 Å². The Morgan fingerprint density at radius 1 is 1.41 bits per heavy atom. The first-order valence-corrected chi connectivity index (χ1v) is 7.11. The molecule has 90 valence electrons. The standard InChI is InChI=1S/C12H13BrIN3/c1-15-11(8-5-3-4-6-10(8)14)12-9(13)7-16-17(12)2/h3-7,11,15H,1-2H3. The number of nitrogens with zero attached hydrogens (tertiary/aromatic N) is 2. The third-order valence-electron chi connectivity index (χ3n) is 2.72. The highest BCUT2D eigenvalue weighted by Gasteiger charge is 2.20. The molecule has 0 aliphatic heterocycles. The van der Waals surface area contributed by atoms with E-state index in [9.17, 15) is 0 Å². The van der Waals surface area contributed by atoms with Crippen molar-refractivity contribution in [2.75, 3.05) is 7.05 Å². The maximum Gasteiger partial charge on any atom is 0.0767 e. The van der Waals surface area contributed by atoms with Crippen molar-refractivity contribution in [3.8, 4) is 0 Å². The quantitative estimate of drug-likeness (QED) is 0.795. The average molecular weight is 406 g/mol. The number of hydrogen-bond donors (Lipinski definition) is 1. The second-order valence-electron chi connectivity index (χ2n) is 3.74. The third-order valence-corrected chi connectivity index (χ3v) is 4.31. The van der Waals surface area contributed by atoms with Crippen LogP contribution in [0.15, 0.2) is 34.9 Å². The molecular formula is C12H13BrIN3. The summed E-state index contributed by atoms with van der Waals surface area (Å²) >= 11 is 5.92. The second kappa shape index (κ2) is 5.49. The summed E-state index contributed by atoms with van der Waals surface area (Å²) in [6, 6.07) is 8.51. The van der Waals surface area contributed by atoms with Crippen LogP contribution in [0, 0.1) is 3.57 Å². The third kappa shape index (κ3) is 2.56. The number of aromatic nitrogens is 2. The molecule has 1 unspecified atom stereocenters. The first kappa shape index (κ1) is 13.0. The zero-order valence-corrected chi connectivity index (χ0v) is 13.4. The molecule has 0 saturated carbocycles. The fourth-order valence-corrected chi connectivity index (χ4v) is 3.17. The first-order valence-electron chi connectivity index (χ1n) is 5.24. The maximum atomic E-state index is 4.27. The molecule has 0 saturated heterocycles. The summed E-state index contributed by atoms with van der Waals surface area (Å²) in [4.78, 5) is 0. The Balaban J connectivity index is 2.52. The largest absolute Gasteiger partial charge is 0.308 e. The van der Waals surface area contributed by atoms with E-state index in [2.05, 4.69) is 73.2 Å². The minimum Gasteiger partial charge on any atom is -0.308 e. The summed E-state index contributed by atoms with van der Waals surface area (Å²) in [5, 5.41) is 7.62. The van der Waals surface area contributed by atoms with Gasteiger partial charge in [0.05, 0.1) is 22.4 Å². The van der Waals surface area contributed by atoms with Gasteiger partial charge in [-0.1, -0.05) is 18.2 Å². The van der Waals surface area contributed by atoms with Gasteiger partial charge in [-0.2, -0.15) is 5.10 Å². The Hall–Kier alpha value is -0.400. The molecule has 0 spiro atoms. The molecule has 3 nitrogen and oxygen atoms in total. The van der Waals surface area contributed by atoms with Crippen molar-refractivity contribution in [3.05, 3.63) is 49.8 Å². The number of halogens is 2. The predicted octanol–water partition coefficient (Wildman–Crippen LogP) is 3.10. The normalized spacial score (nSPS) is 12.7. The highest BCUT2D eigenvalue weighted by atomic mass is 127. The summed E-state index contributed by atoms with van der Waals surface area (Å²) in [5.74, 6) is 0. The van der Waals surface area contributed by atoms with Crippen LogP contribution in [0.3, 0.4) is 0 Å². The predicted molar refractivity (Wildman–Crippen MR) is 81.0 cm³/mol. The van der Waals surface area contributed by atoms with Gasteiger partial charge in [0.2, 0.25) is 0 Å². The van der Waals surface area contributed by atoms with E-state index >= 15 is 0 Å². The number of nitrogens with one attached hydrogen (secondary N) is 1. The van der Waals surface area contributed by atoms with Gasteiger partial charge in [-0.25, -0.2) is 0 Å². The molecular weight excluding hydrogens is 393 g/mol. The van der Waals surface area contributed by atoms with E-state index in [1.807, 2.05) is 25.0 Å². The van der Waals surface area contributed by atoms with Crippen LogP contribution in [0.25, 0.3) is 0 Å². The summed E-state index contributed by atoms with van der Waals surface area (Å²) < 4.78 is 4.17. The molecule has 1 aromatic heterocycles. The smallest absolute Gasteiger partial charge is 0.0767 e. The van der Waals surface area contributed by atoms with Gasteiger partial charge in [-0.15, -0.1) is 0 Å². The van der Waals surface area contributed by atoms with Crippen molar-refractivity contribution in [3.63, 3.8) is 0 Å². The first-order chi connectivity index (χ1) is 8.15. The van der Waals surface area contributed by atoms with E-state index < -0.39 is 0 Å². The molecule has 1 aromatic carbocycles. The fourth-order valence-electron chi connectivity index (χ4n) is 1.89. The monoisotopic (exact) mass is 405 g/mol. The molecule has 0 aliphatic carbocycles. The van der Waals surface area contributed by atoms with Crippen molar-refractivity contribution in [1.82, 2.24) is 15.1 Å². The maximum absolute atomic E-state index is 4.27. The van der Waals surface area contributed by atoms with Gasteiger partial charge in [0.15, 0.2) is 0 Å². The lowest BCUT2D eigenvalue weighted by Crippen LogP contribution is -2.22. The van der Waals surface area contributed by atoms with Gasteiger partial charge in [0, 0.05) is 10.6 Å². The summed E-state index contributed by atoms with van der Waals surface area (Å²) in [6.45, 7) is 0. The minimum absolute atomic E-state index is 0.143. The second-order valence-corrected chi connectivity index (χ2v) is 5.76. The van der Waals surface area contributed by atoms with Gasteiger partial charge in [-0.05, 0) is 57.2 Å². The van der Waals surface area contributed by atoms with Crippen molar-refractivity contribution in [2.45, 2.75) is 6.04 Å². The molecule has 2 rings (SSSR count). The van der Waals surface area contributed by atoms with Crippen LogP contribution in [0.5, 0.6) is 0 Å². The Morgan fingerprint density at radius 2 is 2.12 bits per heavy atom. The number of rotatable bonds is 3. The van der Waals surface area contributed by atoms with E-state index in [0.29, 0.717) is 0 Å². The van der Waals surface area contributed by atoms with E-state index in [1.165, 1.54) is 9.13 Å². The SMILES string of the molecule is CNC(c1ccccc1I)c1c(Br)cnn1C. The van der Waals surface area contributed by atoms with Gasteiger partial charge in [0.1, 0.15) is 0 Å². The highest BCUT2D eigenvalue weighted by Crippen LogP contribution is 2.30. The highest BCUT2D eigenvalue weighted by molar-refractivity contribution is 14.1. The molecule has 5 heteroatoms. The Bertz CT molecular complexity index is 505. The van der Waals surface area contributed by atoms with Gasteiger partial charge >= 0.3 is 0 Å². The van der Waals surface area contributed by atoms with Crippen molar-refractivity contribution < 1.29 is 0 Å². The molecule has 0 aliphatic rings. The topological polar surface area (TPSA) is 29.9 Å². The Labute approximate surface area is 123 Å². The molecule has 0 radical (unpaired) electrons. The summed E-state index contributed by atoms with van der Waals surface area (Å²) in [7, 11) is 3.92. The molecule has 1 heterocycles. The summed E-state index contributed by atoms with van der Waals surface area (Å²) in [5.41, 5.74) is 2.40. The molecule has 0 amide bonds. The Kier molecular flexibility index (Phi) is 4.22. The molecule has 0 fully saturated rings. The molecule has 17 heavy (non-hydrogen) atoms. The Morgan fingerprint density at radius 3 is 2.65 bits per heavy atom. The fraction of sp³-hybridized carbons (Fsp3) is 0.250. The van der Waals surface area contributed by atoms with Crippen LogP contribution in [-0.4, -0.2) is 16.8 Å². The average Bonchev–Trinajstić information content (AvgIpc) is 2.64. The molecule has 1 atom stereocenters. The van der Waals surface area contributed by atoms with Gasteiger partial charge in [0.25, 0.3) is 0 Å². The van der Waals surface area contributed by atoms with E-state index in [-0.39, 0.29) is 6.04 Å². The van der Waals surface area contributed by atoms with Crippen LogP contribution in [0.4, 0.5) is 0 Å².